The normalized spacial score (nSPS) is 10.0. The molecule has 0 heterocycles. The number of hydrogen-bond donors (Lipinski definition) is 1. The summed E-state index contributed by atoms with van der Waals surface area (Å²) in [5.41, 5.74) is 6.36. The number of rotatable bonds is 3. The Morgan fingerprint density at radius 2 is 1.89 bits per heavy atom. The van der Waals surface area contributed by atoms with Gasteiger partial charge in [0.2, 0.25) is 0 Å². The van der Waals surface area contributed by atoms with Crippen molar-refractivity contribution in [1.29, 1.82) is 0 Å². The predicted octanol–water partition coefficient (Wildman–Crippen LogP) is 3.50. The van der Waals surface area contributed by atoms with E-state index >= 15 is 0 Å². The summed E-state index contributed by atoms with van der Waals surface area (Å²) in [5, 5.41) is 0.454. The van der Waals surface area contributed by atoms with Gasteiger partial charge in [-0.1, -0.05) is 23.7 Å². The van der Waals surface area contributed by atoms with Crippen molar-refractivity contribution in [2.45, 2.75) is 0 Å². The molecule has 0 aliphatic heterocycles. The van der Waals surface area contributed by atoms with Crippen molar-refractivity contribution in [2.24, 2.45) is 0 Å². The Balaban J connectivity index is 2.40. The summed E-state index contributed by atoms with van der Waals surface area (Å²) in [5.74, 6) is 0.280. The molecule has 0 saturated heterocycles. The number of nitrogen functional groups attached to an aromatic ring is 1. The minimum Gasteiger partial charge on any atom is -0.465 e. The molecule has 0 amide bonds. The number of ether oxygens (including phenoxy) is 2. The molecule has 2 aromatic carbocycles. The molecule has 0 saturated carbocycles. The number of halogens is 1. The molecule has 0 bridgehead atoms. The number of nitrogens with two attached hydrogens (primary N) is 1. The Morgan fingerprint density at radius 1 is 1.16 bits per heavy atom. The van der Waals surface area contributed by atoms with Gasteiger partial charge in [-0.3, -0.25) is 0 Å². The lowest BCUT2D eigenvalue weighted by Gasteiger charge is -2.11. The van der Waals surface area contributed by atoms with Crippen molar-refractivity contribution in [2.75, 3.05) is 12.8 Å². The van der Waals surface area contributed by atoms with E-state index in [9.17, 15) is 4.79 Å². The predicted molar refractivity (Wildman–Crippen MR) is 73.7 cm³/mol. The Labute approximate surface area is 115 Å². The lowest BCUT2D eigenvalue weighted by atomic mass is 10.2. The third-order valence-corrected chi connectivity index (χ3v) is 2.78. The molecule has 0 radical (unpaired) electrons. The van der Waals surface area contributed by atoms with E-state index in [0.717, 1.165) is 0 Å². The smallest absolute Gasteiger partial charge is 0.341 e. The summed E-state index contributed by atoms with van der Waals surface area (Å²) in [4.78, 5) is 11.7. The fourth-order valence-corrected chi connectivity index (χ4v) is 1.73. The van der Waals surface area contributed by atoms with Gasteiger partial charge in [0, 0.05) is 5.69 Å². The average molecular weight is 278 g/mol. The van der Waals surface area contributed by atoms with Gasteiger partial charge in [-0.15, -0.1) is 0 Å². The number of carbonyl (C=O) groups is 1. The van der Waals surface area contributed by atoms with E-state index in [2.05, 4.69) is 0 Å². The molecule has 0 unspecified atom stereocenters. The zero-order valence-electron chi connectivity index (χ0n) is 10.2. The molecule has 0 aliphatic carbocycles. The van der Waals surface area contributed by atoms with Crippen LogP contribution >= 0.6 is 11.6 Å². The van der Waals surface area contributed by atoms with Crippen LogP contribution in [0, 0.1) is 0 Å². The second kappa shape index (κ2) is 5.63. The van der Waals surface area contributed by atoms with Crippen LogP contribution in [0.4, 0.5) is 5.69 Å². The lowest BCUT2D eigenvalue weighted by molar-refractivity contribution is 0.0598. The third-order valence-electron chi connectivity index (χ3n) is 2.47. The van der Waals surface area contributed by atoms with Crippen molar-refractivity contribution in [3.8, 4) is 11.5 Å². The minimum atomic E-state index is -0.519. The second-order valence-corrected chi connectivity index (χ2v) is 4.19. The fraction of sp³-hybridized carbons (Fsp3) is 0.0714. The van der Waals surface area contributed by atoms with Gasteiger partial charge in [0.05, 0.1) is 12.1 Å². The molecular weight excluding hydrogens is 266 g/mol. The van der Waals surface area contributed by atoms with E-state index in [4.69, 9.17) is 26.8 Å². The summed E-state index contributed by atoms with van der Waals surface area (Å²) in [6, 6.07) is 11.7. The van der Waals surface area contributed by atoms with Crippen LogP contribution in [-0.4, -0.2) is 13.1 Å². The molecule has 19 heavy (non-hydrogen) atoms. The number of anilines is 1. The topological polar surface area (TPSA) is 61.5 Å². The van der Waals surface area contributed by atoms with Crippen molar-refractivity contribution in [3.05, 3.63) is 53.1 Å². The number of hydrogen-bond acceptors (Lipinski definition) is 4. The molecule has 5 heteroatoms. The fourth-order valence-electron chi connectivity index (χ4n) is 1.55. The van der Waals surface area contributed by atoms with Crippen molar-refractivity contribution in [3.63, 3.8) is 0 Å². The van der Waals surface area contributed by atoms with E-state index in [0.29, 0.717) is 22.2 Å². The molecule has 98 valence electrons. The van der Waals surface area contributed by atoms with Gasteiger partial charge in [-0.05, 0) is 30.3 Å². The van der Waals surface area contributed by atoms with Crippen molar-refractivity contribution in [1.82, 2.24) is 0 Å². The molecular formula is C14H12ClNO3. The van der Waals surface area contributed by atoms with Crippen LogP contribution in [0.3, 0.4) is 0 Å². The summed E-state index contributed by atoms with van der Waals surface area (Å²) in [6.07, 6.45) is 0. The first-order chi connectivity index (χ1) is 9.11. The quantitative estimate of drug-likeness (QED) is 0.689. The Bertz CT molecular complexity index is 613. The zero-order chi connectivity index (χ0) is 13.8. The van der Waals surface area contributed by atoms with Crippen LogP contribution < -0.4 is 10.5 Å². The monoisotopic (exact) mass is 277 g/mol. The molecule has 2 aromatic rings. The number of benzene rings is 2. The number of carbonyl (C=O) groups excluding carboxylic acids is 1. The zero-order valence-corrected chi connectivity index (χ0v) is 11.0. The molecule has 2 N–H and O–H groups in total. The van der Waals surface area contributed by atoms with Gasteiger partial charge in [-0.2, -0.15) is 0 Å². The van der Waals surface area contributed by atoms with Crippen LogP contribution in [-0.2, 0) is 4.74 Å². The minimum absolute atomic E-state index is 0.252. The van der Waals surface area contributed by atoms with Gasteiger partial charge < -0.3 is 15.2 Å². The molecule has 0 aromatic heterocycles. The van der Waals surface area contributed by atoms with Crippen molar-refractivity contribution >= 4 is 23.3 Å². The van der Waals surface area contributed by atoms with Crippen LogP contribution in [0.2, 0.25) is 5.02 Å². The summed E-state index contributed by atoms with van der Waals surface area (Å²) < 4.78 is 10.3. The van der Waals surface area contributed by atoms with Gasteiger partial charge in [0.25, 0.3) is 0 Å². The van der Waals surface area contributed by atoms with E-state index in [1.165, 1.54) is 13.2 Å². The van der Waals surface area contributed by atoms with Crippen LogP contribution in [0.25, 0.3) is 0 Å². The summed E-state index contributed by atoms with van der Waals surface area (Å²) in [6.45, 7) is 0. The van der Waals surface area contributed by atoms with E-state index in [-0.39, 0.29) is 5.56 Å². The first-order valence-corrected chi connectivity index (χ1v) is 5.90. The average Bonchev–Trinajstić information content (AvgIpc) is 2.42. The molecule has 0 aliphatic rings. The SMILES string of the molecule is COC(=O)c1cc(N)ccc1Oc1ccccc1Cl. The molecule has 0 atom stereocenters. The first-order valence-electron chi connectivity index (χ1n) is 5.52. The highest BCUT2D eigenvalue weighted by molar-refractivity contribution is 6.32. The second-order valence-electron chi connectivity index (χ2n) is 3.78. The number of esters is 1. The highest BCUT2D eigenvalue weighted by Gasteiger charge is 2.15. The molecule has 2 rings (SSSR count). The van der Waals surface area contributed by atoms with E-state index < -0.39 is 5.97 Å². The first kappa shape index (κ1) is 13.2. The van der Waals surface area contributed by atoms with Crippen LogP contribution in [0.15, 0.2) is 42.5 Å². The number of methoxy groups -OCH3 is 1. The van der Waals surface area contributed by atoms with Gasteiger partial charge in [0.15, 0.2) is 0 Å². The van der Waals surface area contributed by atoms with Crippen LogP contribution in [0.5, 0.6) is 11.5 Å². The lowest BCUT2D eigenvalue weighted by Crippen LogP contribution is -2.04. The molecule has 0 spiro atoms. The summed E-state index contributed by atoms with van der Waals surface area (Å²) >= 11 is 6.01. The van der Waals surface area contributed by atoms with Crippen LogP contribution in [0.1, 0.15) is 10.4 Å². The maximum atomic E-state index is 11.7. The number of para-hydroxylation sites is 1. The van der Waals surface area contributed by atoms with Gasteiger partial charge >= 0.3 is 5.97 Å². The highest BCUT2D eigenvalue weighted by atomic mass is 35.5. The molecule has 4 nitrogen and oxygen atoms in total. The third kappa shape index (κ3) is 2.98. The van der Waals surface area contributed by atoms with E-state index in [1.807, 2.05) is 0 Å². The maximum Gasteiger partial charge on any atom is 0.341 e. The molecule has 0 fully saturated rings. The maximum absolute atomic E-state index is 11.7. The van der Waals surface area contributed by atoms with Crippen molar-refractivity contribution < 1.29 is 14.3 Å². The standard InChI is InChI=1S/C14H12ClNO3/c1-18-14(17)10-8-9(16)6-7-12(10)19-13-5-3-2-4-11(13)15/h2-8H,16H2,1H3. The summed E-state index contributed by atoms with van der Waals surface area (Å²) in [7, 11) is 1.30. The Morgan fingerprint density at radius 3 is 2.58 bits per heavy atom. The van der Waals surface area contributed by atoms with E-state index in [1.54, 1.807) is 36.4 Å². The highest BCUT2D eigenvalue weighted by Crippen LogP contribution is 2.32. The largest absolute Gasteiger partial charge is 0.465 e. The Kier molecular flexibility index (Phi) is 3.92. The van der Waals surface area contributed by atoms with Gasteiger partial charge in [-0.25, -0.2) is 4.79 Å². The van der Waals surface area contributed by atoms with Gasteiger partial charge in [0.1, 0.15) is 17.1 Å². The Hall–Kier alpha value is -2.20.